The molecular formula is C29H35N3O5. The van der Waals surface area contributed by atoms with Gasteiger partial charge in [0.1, 0.15) is 17.7 Å². The lowest BCUT2D eigenvalue weighted by molar-refractivity contribution is -0.140. The Kier molecular flexibility index (Phi) is 10.0. The molecule has 2 aromatic carbocycles. The number of alkyl carbamates (subject to hydrolysis) is 1. The molecule has 3 N–H and O–H groups in total. The number of hydrogen-bond donors (Lipinski definition) is 3. The lowest BCUT2D eigenvalue weighted by Crippen LogP contribution is -2.53. The number of hydrogen-bond acceptors (Lipinski definition) is 5. The minimum absolute atomic E-state index is 0.0347. The quantitative estimate of drug-likeness (QED) is 0.354. The standard InChI is InChI=1S/C29H35N3O5/c1-8-17-32(27(35)23(18-33)30-28(36)37-29(5,6)7)25(22-15-13-21(9-2)14-16-22)26(34)31-24-19(3)11-10-12-20(24)4/h2,8,10-16,23,25,33H,1,17-18H2,3-7H3,(H,30,36)(H,31,34). The highest BCUT2D eigenvalue weighted by atomic mass is 16.6. The number of nitrogens with zero attached hydrogens (tertiary/aromatic N) is 1. The molecule has 0 fully saturated rings. The third-order valence-electron chi connectivity index (χ3n) is 5.46. The van der Waals surface area contributed by atoms with Crippen molar-refractivity contribution in [2.75, 3.05) is 18.5 Å². The smallest absolute Gasteiger partial charge is 0.408 e. The average molecular weight is 506 g/mol. The van der Waals surface area contributed by atoms with Crippen molar-refractivity contribution < 1.29 is 24.2 Å². The number of rotatable bonds is 9. The van der Waals surface area contributed by atoms with Gasteiger partial charge in [-0.1, -0.05) is 42.3 Å². The second kappa shape index (κ2) is 12.7. The number of anilines is 1. The minimum Gasteiger partial charge on any atom is -0.444 e. The minimum atomic E-state index is -1.35. The number of nitrogens with one attached hydrogen (secondary N) is 2. The van der Waals surface area contributed by atoms with E-state index in [0.29, 0.717) is 16.8 Å². The Labute approximate surface area is 218 Å². The van der Waals surface area contributed by atoms with E-state index in [1.165, 1.54) is 11.0 Å². The number of carbonyl (C=O) groups is 3. The van der Waals surface area contributed by atoms with Crippen molar-refractivity contribution in [2.24, 2.45) is 0 Å². The van der Waals surface area contributed by atoms with E-state index >= 15 is 0 Å². The number of carbonyl (C=O) groups excluding carboxylic acids is 3. The molecule has 2 atom stereocenters. The van der Waals surface area contributed by atoms with E-state index in [1.807, 2.05) is 32.0 Å². The van der Waals surface area contributed by atoms with Gasteiger partial charge in [0.05, 0.1) is 6.61 Å². The molecule has 0 aliphatic rings. The Morgan fingerprint density at radius 1 is 1.14 bits per heavy atom. The maximum atomic E-state index is 13.8. The molecule has 196 valence electrons. The van der Waals surface area contributed by atoms with Crippen LogP contribution in [0.4, 0.5) is 10.5 Å². The number of amides is 3. The summed E-state index contributed by atoms with van der Waals surface area (Å²) >= 11 is 0. The van der Waals surface area contributed by atoms with Crippen LogP contribution >= 0.6 is 0 Å². The van der Waals surface area contributed by atoms with Gasteiger partial charge in [0, 0.05) is 17.8 Å². The number of aryl methyl sites for hydroxylation is 2. The summed E-state index contributed by atoms with van der Waals surface area (Å²) in [5.74, 6) is 1.37. The Balaban J connectivity index is 2.51. The van der Waals surface area contributed by atoms with E-state index in [-0.39, 0.29) is 6.54 Å². The fourth-order valence-electron chi connectivity index (χ4n) is 3.73. The van der Waals surface area contributed by atoms with Gasteiger partial charge in [0.2, 0.25) is 5.91 Å². The predicted octanol–water partition coefficient (Wildman–Crippen LogP) is 3.86. The summed E-state index contributed by atoms with van der Waals surface area (Å²) in [5, 5.41) is 15.3. The van der Waals surface area contributed by atoms with Crippen LogP contribution in [0.3, 0.4) is 0 Å². The molecule has 0 aliphatic carbocycles. The molecule has 3 amide bonds. The zero-order valence-electron chi connectivity index (χ0n) is 22.0. The van der Waals surface area contributed by atoms with Crippen molar-refractivity contribution in [2.45, 2.75) is 52.3 Å². The molecule has 0 saturated heterocycles. The summed E-state index contributed by atoms with van der Waals surface area (Å²) in [6.07, 6.45) is 6.09. The van der Waals surface area contributed by atoms with Crippen molar-refractivity contribution in [3.05, 3.63) is 77.4 Å². The predicted molar refractivity (Wildman–Crippen MR) is 144 cm³/mol. The van der Waals surface area contributed by atoms with Gasteiger partial charge in [-0.05, 0) is 63.4 Å². The molecule has 37 heavy (non-hydrogen) atoms. The number of terminal acetylenes is 1. The highest BCUT2D eigenvalue weighted by Gasteiger charge is 2.36. The molecule has 2 unspecified atom stereocenters. The number of ether oxygens (including phenoxy) is 1. The summed E-state index contributed by atoms with van der Waals surface area (Å²) in [6.45, 7) is 11.8. The van der Waals surface area contributed by atoms with Crippen molar-refractivity contribution in [1.82, 2.24) is 10.2 Å². The monoisotopic (exact) mass is 505 g/mol. The van der Waals surface area contributed by atoms with E-state index in [9.17, 15) is 19.5 Å². The molecule has 0 saturated carbocycles. The van der Waals surface area contributed by atoms with Crippen LogP contribution in [0.15, 0.2) is 55.1 Å². The lowest BCUT2D eigenvalue weighted by Gasteiger charge is -2.33. The summed E-state index contributed by atoms with van der Waals surface area (Å²) in [6, 6.07) is 9.85. The third-order valence-corrected chi connectivity index (χ3v) is 5.46. The first-order valence-electron chi connectivity index (χ1n) is 11.9. The lowest BCUT2D eigenvalue weighted by atomic mass is 10.0. The largest absolute Gasteiger partial charge is 0.444 e. The maximum Gasteiger partial charge on any atom is 0.408 e. The molecule has 8 nitrogen and oxygen atoms in total. The van der Waals surface area contributed by atoms with Gasteiger partial charge in [-0.25, -0.2) is 4.79 Å². The highest BCUT2D eigenvalue weighted by molar-refractivity contribution is 6.00. The Morgan fingerprint density at radius 2 is 1.73 bits per heavy atom. The Bertz CT molecular complexity index is 1160. The van der Waals surface area contributed by atoms with Crippen LogP contribution in [0.5, 0.6) is 0 Å². The van der Waals surface area contributed by atoms with Crippen molar-refractivity contribution in [3.63, 3.8) is 0 Å². The number of benzene rings is 2. The average Bonchev–Trinajstić information content (AvgIpc) is 2.83. The van der Waals surface area contributed by atoms with E-state index in [4.69, 9.17) is 11.2 Å². The maximum absolute atomic E-state index is 13.8. The molecule has 0 radical (unpaired) electrons. The fraction of sp³-hybridized carbons (Fsp3) is 0.345. The van der Waals surface area contributed by atoms with E-state index in [2.05, 4.69) is 23.1 Å². The molecule has 0 bridgehead atoms. The van der Waals surface area contributed by atoms with Gasteiger partial charge in [-0.3, -0.25) is 9.59 Å². The van der Waals surface area contributed by atoms with Crippen molar-refractivity contribution >= 4 is 23.6 Å². The van der Waals surface area contributed by atoms with Gasteiger partial charge in [0.25, 0.3) is 5.91 Å². The molecule has 2 aromatic rings. The second-order valence-corrected chi connectivity index (χ2v) is 9.59. The van der Waals surface area contributed by atoms with Crippen LogP contribution in [0.1, 0.15) is 49.1 Å². The summed E-state index contributed by atoms with van der Waals surface area (Å²) in [4.78, 5) is 41.0. The van der Waals surface area contributed by atoms with E-state index < -0.39 is 42.2 Å². The van der Waals surface area contributed by atoms with Crippen LogP contribution in [0, 0.1) is 26.2 Å². The van der Waals surface area contributed by atoms with Crippen LogP contribution in [0.2, 0.25) is 0 Å². The molecule has 0 aliphatic heterocycles. The first-order chi connectivity index (χ1) is 17.4. The van der Waals surface area contributed by atoms with Crippen molar-refractivity contribution in [1.29, 1.82) is 0 Å². The summed E-state index contributed by atoms with van der Waals surface area (Å²) in [5.41, 5.74) is 2.65. The normalized spacial score (nSPS) is 12.5. The van der Waals surface area contributed by atoms with Crippen LogP contribution in [0.25, 0.3) is 0 Å². The van der Waals surface area contributed by atoms with Gasteiger partial charge in [0.15, 0.2) is 0 Å². The van der Waals surface area contributed by atoms with Crippen molar-refractivity contribution in [3.8, 4) is 12.3 Å². The molecule has 2 rings (SSSR count). The Hall–Kier alpha value is -4.09. The van der Waals surface area contributed by atoms with Gasteiger partial charge < -0.3 is 25.4 Å². The first kappa shape index (κ1) is 29.1. The van der Waals surface area contributed by atoms with Crippen LogP contribution in [-0.4, -0.2) is 52.7 Å². The first-order valence-corrected chi connectivity index (χ1v) is 11.9. The highest BCUT2D eigenvalue weighted by Crippen LogP contribution is 2.27. The molecule has 0 heterocycles. The van der Waals surface area contributed by atoms with Crippen LogP contribution in [-0.2, 0) is 14.3 Å². The Morgan fingerprint density at radius 3 is 2.22 bits per heavy atom. The number of aliphatic hydroxyl groups is 1. The van der Waals surface area contributed by atoms with Gasteiger partial charge >= 0.3 is 6.09 Å². The molecular weight excluding hydrogens is 470 g/mol. The molecule has 0 aromatic heterocycles. The molecule has 0 spiro atoms. The number of aliphatic hydroxyl groups excluding tert-OH is 1. The zero-order chi connectivity index (χ0) is 27.8. The number of para-hydroxylation sites is 1. The topological polar surface area (TPSA) is 108 Å². The van der Waals surface area contributed by atoms with Gasteiger partial charge in [-0.2, -0.15) is 0 Å². The fourth-order valence-corrected chi connectivity index (χ4v) is 3.73. The molecule has 8 heteroatoms. The second-order valence-electron chi connectivity index (χ2n) is 9.59. The van der Waals surface area contributed by atoms with E-state index in [0.717, 1.165) is 11.1 Å². The summed E-state index contributed by atoms with van der Waals surface area (Å²) in [7, 11) is 0. The zero-order valence-corrected chi connectivity index (χ0v) is 22.0. The van der Waals surface area contributed by atoms with E-state index in [1.54, 1.807) is 45.0 Å². The SMILES string of the molecule is C#Cc1ccc(C(C(=O)Nc2c(C)cccc2C)N(CC=C)C(=O)C(CO)NC(=O)OC(C)(C)C)cc1. The van der Waals surface area contributed by atoms with Gasteiger partial charge in [-0.15, -0.1) is 13.0 Å². The van der Waals surface area contributed by atoms with Crippen LogP contribution < -0.4 is 10.6 Å². The summed E-state index contributed by atoms with van der Waals surface area (Å²) < 4.78 is 5.23. The third kappa shape index (κ3) is 7.95.